The number of hydrogen-bond donors (Lipinski definition) is 0. The van der Waals surface area contributed by atoms with Gasteiger partial charge in [0.05, 0.1) is 0 Å². The summed E-state index contributed by atoms with van der Waals surface area (Å²) in [5.41, 5.74) is 51.4. The van der Waals surface area contributed by atoms with Crippen molar-refractivity contribution in [2.75, 3.05) is 0 Å². The van der Waals surface area contributed by atoms with Crippen LogP contribution in [0.2, 0.25) is 0 Å². The van der Waals surface area contributed by atoms with Gasteiger partial charge in [-0.15, -0.1) is 43.7 Å². The molecule has 0 unspecified atom stereocenters. The normalized spacial score (nSPS) is 11.7. The molecule has 0 saturated carbocycles. The van der Waals surface area contributed by atoms with Gasteiger partial charge in [0.25, 0.3) is 0 Å². The summed E-state index contributed by atoms with van der Waals surface area (Å²) >= 11 is 0. The largest absolute Gasteiger partial charge is 0.457 e. The number of fused-ring (bicyclic) bond motifs is 5. The summed E-state index contributed by atoms with van der Waals surface area (Å²) < 4.78 is 7.08. The van der Waals surface area contributed by atoms with Crippen LogP contribution in [0.25, 0.3) is 88.0 Å². The van der Waals surface area contributed by atoms with E-state index in [1.807, 2.05) is 0 Å². The molecule has 0 N–H and O–H groups in total. The molecule has 0 saturated heterocycles. The quantitative estimate of drug-likeness (QED) is 0.127. The summed E-state index contributed by atoms with van der Waals surface area (Å²) in [6.45, 7) is 0. The summed E-state index contributed by atoms with van der Waals surface area (Å²) in [4.78, 5) is 0. The van der Waals surface area contributed by atoms with Gasteiger partial charge in [-0.1, -0.05) is 109 Å². The van der Waals surface area contributed by atoms with E-state index in [1.54, 1.807) is 0 Å². The SMILES string of the molecule is Bc1c(B)c(B)c(-c2c(B)c(B)c(-c3c4c(B)c(B)c(B)c(B)c4c(-c4c(B)c(B)c(-c5c(B)c(B)c(B)c6oc7c(B)c(B)c(B)c(B)c7c56)c(B)c4B)c4c(B)c(B)c(B)c(B)c34)c(B)c2B)c(B)c1B. The van der Waals surface area contributed by atoms with Crippen molar-refractivity contribution in [1.29, 1.82) is 0 Å². The molecule has 0 spiro atoms. The first-order valence-corrected chi connectivity index (χ1v) is 27.2. The van der Waals surface area contributed by atoms with Gasteiger partial charge in [-0.2, -0.15) is 0 Å². The van der Waals surface area contributed by atoms with Gasteiger partial charge in [0.2, 0.25) is 0 Å². The van der Waals surface area contributed by atoms with Crippen LogP contribution in [0.15, 0.2) is 4.42 Å². The standard InChI is InChI=1S/C44H56B28O/c45-15-3-1(9-20(50)24(54)11(25(55)21(9)51)7-8-14-30(60)37(67)40(70)42(72)44(14)73-43(8)41(71)38(68)19(7)49)4-6(18(48)34(64)32(62)16(4)46)2(5(3)17(47)33(63)31(15)61)10-22(52)26(56)12(27(57)23(10)53)13-28(58)35(65)39(69)36(66)29(13)59/h45-72H2. The summed E-state index contributed by atoms with van der Waals surface area (Å²) in [5.74, 6) is 0. The second-order valence-electron chi connectivity index (χ2n) is 23.5. The maximum atomic E-state index is 7.08. The van der Waals surface area contributed by atoms with Crippen LogP contribution in [-0.2, 0) is 0 Å². The minimum absolute atomic E-state index is 1.03. The lowest BCUT2D eigenvalue weighted by molar-refractivity contribution is 0.675. The average Bonchev–Trinajstić information content (AvgIpc) is 3.76. The van der Waals surface area contributed by atoms with Gasteiger partial charge in [-0.25, -0.2) is 0 Å². The molecule has 8 aromatic carbocycles. The zero-order valence-corrected chi connectivity index (χ0v) is 50.4. The minimum atomic E-state index is 1.03. The van der Waals surface area contributed by atoms with Crippen LogP contribution in [-0.4, -0.2) is 220 Å². The Kier molecular flexibility index (Phi) is 13.5. The first kappa shape index (κ1) is 53.7. The minimum Gasteiger partial charge on any atom is -0.457 e. The summed E-state index contributed by atoms with van der Waals surface area (Å²) in [6, 6.07) is 0. The lowest BCUT2D eigenvalue weighted by Gasteiger charge is -2.33. The molecule has 0 aliphatic rings. The molecule has 1 nitrogen and oxygen atoms in total. The third-order valence-electron chi connectivity index (χ3n) is 21.0. The molecule has 29 heteroatoms. The molecule has 0 radical (unpaired) electrons. The van der Waals surface area contributed by atoms with Crippen molar-refractivity contribution in [2.24, 2.45) is 0 Å². The van der Waals surface area contributed by atoms with Crippen LogP contribution in [0.4, 0.5) is 0 Å². The summed E-state index contributed by atoms with van der Waals surface area (Å²) in [5, 5.41) is 8.18. The molecule has 9 rings (SSSR count). The fraction of sp³-hybridized carbons (Fsp3) is 0. The maximum absolute atomic E-state index is 7.08. The predicted octanol–water partition coefficient (Wildman–Crippen LogP) is -36.2. The highest BCUT2D eigenvalue weighted by molar-refractivity contribution is 6.77. The van der Waals surface area contributed by atoms with Crippen molar-refractivity contribution in [1.82, 2.24) is 0 Å². The molecular weight excluding hydrogens is 847 g/mol. The lowest BCUT2D eigenvalue weighted by Crippen LogP contribution is -2.57. The highest BCUT2D eigenvalue weighted by atomic mass is 16.3. The van der Waals surface area contributed by atoms with Crippen LogP contribution in [0.3, 0.4) is 0 Å². The van der Waals surface area contributed by atoms with Gasteiger partial charge in [0, 0.05) is 10.8 Å². The molecule has 0 atom stereocenters. The number of rotatable bonds is 4. The molecule has 73 heavy (non-hydrogen) atoms. The molecule has 0 aliphatic heterocycles. The Bertz CT molecular complexity index is 3950. The van der Waals surface area contributed by atoms with Gasteiger partial charge in [-0.05, 0) is 66.1 Å². The van der Waals surface area contributed by atoms with E-state index in [4.69, 9.17) is 4.42 Å². The van der Waals surface area contributed by atoms with Crippen LogP contribution >= 0.6 is 0 Å². The van der Waals surface area contributed by atoms with Crippen LogP contribution in [0, 0.1) is 0 Å². The topological polar surface area (TPSA) is 13.1 Å². The van der Waals surface area contributed by atoms with E-state index in [2.05, 4.69) is 220 Å². The summed E-state index contributed by atoms with van der Waals surface area (Å²) in [7, 11) is 66.2. The molecule has 0 bridgehead atoms. The van der Waals surface area contributed by atoms with Gasteiger partial charge < -0.3 is 4.42 Å². The van der Waals surface area contributed by atoms with Crippen molar-refractivity contribution in [2.45, 2.75) is 0 Å². The fourth-order valence-electron chi connectivity index (χ4n) is 14.2. The van der Waals surface area contributed by atoms with E-state index in [-0.39, 0.29) is 0 Å². The second-order valence-corrected chi connectivity index (χ2v) is 23.5. The monoisotopic (exact) mass is 909 g/mol. The Morgan fingerprint density at radius 2 is 0.288 bits per heavy atom. The molecule has 1 aromatic heterocycles. The van der Waals surface area contributed by atoms with Crippen LogP contribution in [0.1, 0.15) is 0 Å². The van der Waals surface area contributed by atoms with E-state index in [9.17, 15) is 0 Å². The Morgan fingerprint density at radius 1 is 0.123 bits per heavy atom. The van der Waals surface area contributed by atoms with Crippen molar-refractivity contribution >= 4 is 416 Å². The van der Waals surface area contributed by atoms with Gasteiger partial charge in [0.15, 0.2) is 0 Å². The molecule has 0 amide bonds. The highest BCUT2D eigenvalue weighted by Gasteiger charge is 2.32. The Hall–Kier alpha value is -4.10. The van der Waals surface area contributed by atoms with Crippen molar-refractivity contribution in [3.8, 4) is 44.5 Å². The van der Waals surface area contributed by atoms with Crippen LogP contribution < -0.4 is 153 Å². The van der Waals surface area contributed by atoms with Crippen molar-refractivity contribution < 1.29 is 4.42 Å². The van der Waals surface area contributed by atoms with Gasteiger partial charge in [0.1, 0.15) is 231 Å². The smallest absolute Gasteiger partial charge is 0.143 e. The van der Waals surface area contributed by atoms with E-state index < -0.39 is 0 Å². The molecule has 9 aromatic rings. The Morgan fingerprint density at radius 3 is 0.589 bits per heavy atom. The van der Waals surface area contributed by atoms with Crippen molar-refractivity contribution in [3.05, 3.63) is 0 Å². The zero-order valence-electron chi connectivity index (χ0n) is 50.4. The molecule has 0 fully saturated rings. The second kappa shape index (κ2) is 18.3. The molecule has 322 valence electrons. The van der Waals surface area contributed by atoms with Gasteiger partial charge in [-0.3, -0.25) is 0 Å². The number of furan rings is 1. The van der Waals surface area contributed by atoms with E-state index in [1.165, 1.54) is 230 Å². The van der Waals surface area contributed by atoms with E-state index in [0.717, 1.165) is 11.2 Å². The summed E-state index contributed by atoms with van der Waals surface area (Å²) in [6.07, 6.45) is 0. The number of hydrogen-bond acceptors (Lipinski definition) is 1. The molecular formula is C44H56B28O. The molecule has 0 aliphatic carbocycles. The average molecular weight is 904 g/mol. The highest BCUT2D eigenvalue weighted by Crippen LogP contribution is 2.39. The van der Waals surface area contributed by atoms with Gasteiger partial charge >= 0.3 is 0 Å². The first-order chi connectivity index (χ1) is 34.0. The third-order valence-corrected chi connectivity index (χ3v) is 21.0. The molecule has 1 heterocycles. The van der Waals surface area contributed by atoms with Crippen LogP contribution in [0.5, 0.6) is 0 Å². The fourth-order valence-corrected chi connectivity index (χ4v) is 14.2. The third kappa shape index (κ3) is 7.09. The lowest BCUT2D eigenvalue weighted by atomic mass is 9.54. The van der Waals surface area contributed by atoms with Crippen molar-refractivity contribution in [3.63, 3.8) is 0 Å². The first-order valence-electron chi connectivity index (χ1n) is 27.2. The maximum Gasteiger partial charge on any atom is 0.143 e. The Balaban J connectivity index is 1.51. The predicted molar refractivity (Wildman–Crippen MR) is 419 cm³/mol. The van der Waals surface area contributed by atoms with E-state index >= 15 is 0 Å². The number of benzene rings is 8. The van der Waals surface area contributed by atoms with E-state index in [0.29, 0.717) is 0 Å². The Labute approximate surface area is 461 Å². The zero-order chi connectivity index (χ0) is 54.1.